The molecular weight excluding hydrogens is 308 g/mol. The lowest BCUT2D eigenvalue weighted by Gasteiger charge is -2.34. The fourth-order valence-corrected chi connectivity index (χ4v) is 3.92. The van der Waals surface area contributed by atoms with E-state index in [4.69, 9.17) is 0 Å². The van der Waals surface area contributed by atoms with E-state index in [1.807, 2.05) is 36.2 Å². The van der Waals surface area contributed by atoms with Crippen molar-refractivity contribution in [2.45, 2.75) is 55.7 Å². The van der Waals surface area contributed by atoms with Crippen LogP contribution in [0.3, 0.4) is 0 Å². The number of nitrogens with zero attached hydrogens (tertiary/aromatic N) is 1. The van der Waals surface area contributed by atoms with Gasteiger partial charge in [0.25, 0.3) is 0 Å². The number of benzene rings is 1. The predicted octanol–water partition coefficient (Wildman–Crippen LogP) is 4.20. The third-order valence-electron chi connectivity index (χ3n) is 4.43. The Labute approximate surface area is 143 Å². The summed E-state index contributed by atoms with van der Waals surface area (Å²) in [7, 11) is 1.87. The maximum atomic E-state index is 12.6. The van der Waals surface area contributed by atoms with Gasteiger partial charge in [-0.15, -0.1) is 11.8 Å². The highest BCUT2D eigenvalue weighted by Gasteiger charge is 2.26. The highest BCUT2D eigenvalue weighted by Crippen LogP contribution is 2.31. The molecule has 1 aromatic carbocycles. The molecular formula is C18H28N2O2S. The van der Waals surface area contributed by atoms with E-state index in [0.29, 0.717) is 11.2 Å². The summed E-state index contributed by atoms with van der Waals surface area (Å²) in [6.45, 7) is 4.56. The van der Waals surface area contributed by atoms with Gasteiger partial charge in [-0.05, 0) is 43.7 Å². The van der Waals surface area contributed by atoms with Gasteiger partial charge in [-0.2, -0.15) is 0 Å². The highest BCUT2D eigenvalue weighted by molar-refractivity contribution is 8.00. The monoisotopic (exact) mass is 336 g/mol. The summed E-state index contributed by atoms with van der Waals surface area (Å²) >= 11 is 1.76. The van der Waals surface area contributed by atoms with Gasteiger partial charge in [-0.1, -0.05) is 26.0 Å². The number of thioether (sulfide) groups is 1. The van der Waals surface area contributed by atoms with Crippen LogP contribution in [0.15, 0.2) is 29.2 Å². The maximum absolute atomic E-state index is 12.6. The second-order valence-electron chi connectivity index (χ2n) is 6.56. The Morgan fingerprint density at radius 1 is 1.30 bits per heavy atom. The molecule has 0 aliphatic heterocycles. The van der Waals surface area contributed by atoms with Gasteiger partial charge >= 0.3 is 6.03 Å². The molecule has 1 aliphatic rings. The molecule has 0 unspecified atom stereocenters. The van der Waals surface area contributed by atoms with Crippen LogP contribution in [0, 0.1) is 5.92 Å². The average Bonchev–Trinajstić information content (AvgIpc) is 2.55. The summed E-state index contributed by atoms with van der Waals surface area (Å²) in [6.07, 6.45) is 3.94. The Morgan fingerprint density at radius 3 is 2.57 bits per heavy atom. The number of hydrogen-bond acceptors (Lipinski definition) is 3. The van der Waals surface area contributed by atoms with E-state index in [0.717, 1.165) is 36.3 Å². The van der Waals surface area contributed by atoms with Crippen molar-refractivity contribution in [3.63, 3.8) is 0 Å². The number of para-hydroxylation sites is 1. The van der Waals surface area contributed by atoms with Crippen molar-refractivity contribution >= 4 is 23.5 Å². The summed E-state index contributed by atoms with van der Waals surface area (Å²) in [6, 6.07) is 8.18. The number of hydrogen-bond donors (Lipinski definition) is 2. The van der Waals surface area contributed by atoms with E-state index >= 15 is 0 Å². The molecule has 2 amide bonds. The van der Waals surface area contributed by atoms with Gasteiger partial charge in [0.05, 0.1) is 5.69 Å². The normalized spacial score (nSPS) is 21.3. The zero-order chi connectivity index (χ0) is 16.8. The maximum Gasteiger partial charge on any atom is 0.321 e. The number of rotatable bonds is 5. The lowest BCUT2D eigenvalue weighted by Crippen LogP contribution is -2.42. The van der Waals surface area contributed by atoms with Crippen LogP contribution in [0.25, 0.3) is 0 Å². The van der Waals surface area contributed by atoms with Gasteiger partial charge in [0, 0.05) is 29.8 Å². The highest BCUT2D eigenvalue weighted by atomic mass is 32.2. The molecule has 0 spiro atoms. The van der Waals surface area contributed by atoms with Crippen LogP contribution in [-0.2, 0) is 0 Å². The van der Waals surface area contributed by atoms with Crippen molar-refractivity contribution < 1.29 is 9.90 Å². The molecule has 1 fully saturated rings. The molecule has 23 heavy (non-hydrogen) atoms. The minimum absolute atomic E-state index is 0.0470. The van der Waals surface area contributed by atoms with Gasteiger partial charge in [-0.25, -0.2) is 4.79 Å². The molecule has 0 saturated heterocycles. The molecule has 0 atom stereocenters. The number of aliphatic hydroxyl groups is 1. The molecule has 0 aromatic heterocycles. The lowest BCUT2D eigenvalue weighted by molar-refractivity contribution is 0.139. The largest absolute Gasteiger partial charge is 0.396 e. The van der Waals surface area contributed by atoms with Gasteiger partial charge in [0.15, 0.2) is 0 Å². The van der Waals surface area contributed by atoms with Crippen LogP contribution < -0.4 is 5.32 Å². The van der Waals surface area contributed by atoms with Gasteiger partial charge in [0.1, 0.15) is 0 Å². The Kier molecular flexibility index (Phi) is 6.78. The van der Waals surface area contributed by atoms with Crippen LogP contribution in [0.1, 0.15) is 39.5 Å². The fraction of sp³-hybridized carbons (Fsp3) is 0.611. The van der Waals surface area contributed by atoms with Gasteiger partial charge in [-0.3, -0.25) is 0 Å². The molecule has 2 rings (SSSR count). The number of aliphatic hydroxyl groups excluding tert-OH is 1. The first-order chi connectivity index (χ1) is 11.0. The summed E-state index contributed by atoms with van der Waals surface area (Å²) in [4.78, 5) is 15.5. The van der Waals surface area contributed by atoms with Crippen molar-refractivity contribution in [2.24, 2.45) is 5.92 Å². The summed E-state index contributed by atoms with van der Waals surface area (Å²) < 4.78 is 0. The quantitative estimate of drug-likeness (QED) is 0.792. The average molecular weight is 337 g/mol. The molecule has 5 heteroatoms. The molecule has 128 valence electrons. The number of carbonyl (C=O) groups is 1. The fourth-order valence-electron chi connectivity index (χ4n) is 3.01. The van der Waals surface area contributed by atoms with Gasteiger partial charge < -0.3 is 15.3 Å². The van der Waals surface area contributed by atoms with E-state index in [1.54, 1.807) is 11.8 Å². The summed E-state index contributed by atoms with van der Waals surface area (Å²) in [5, 5.41) is 12.8. The van der Waals surface area contributed by atoms with Crippen molar-refractivity contribution in [1.82, 2.24) is 4.90 Å². The van der Waals surface area contributed by atoms with E-state index in [1.165, 1.54) is 0 Å². The number of anilines is 1. The number of carbonyl (C=O) groups excluding carboxylic acids is 1. The topological polar surface area (TPSA) is 52.6 Å². The van der Waals surface area contributed by atoms with Crippen molar-refractivity contribution in [3.8, 4) is 0 Å². The van der Waals surface area contributed by atoms with E-state index < -0.39 is 0 Å². The number of urea groups is 1. The first-order valence-electron chi connectivity index (χ1n) is 8.41. The van der Waals surface area contributed by atoms with E-state index in [-0.39, 0.29) is 18.7 Å². The minimum atomic E-state index is -0.0470. The molecule has 0 bridgehead atoms. The Bertz CT molecular complexity index is 513. The number of amides is 2. The number of nitrogens with one attached hydrogen (secondary N) is 1. The Morgan fingerprint density at radius 2 is 1.96 bits per heavy atom. The van der Waals surface area contributed by atoms with E-state index in [9.17, 15) is 9.90 Å². The zero-order valence-electron chi connectivity index (χ0n) is 14.3. The first-order valence-corrected chi connectivity index (χ1v) is 9.29. The second kappa shape index (κ2) is 8.60. The van der Waals surface area contributed by atoms with Crippen LogP contribution >= 0.6 is 11.8 Å². The van der Waals surface area contributed by atoms with E-state index in [2.05, 4.69) is 19.2 Å². The second-order valence-corrected chi connectivity index (χ2v) is 8.18. The van der Waals surface area contributed by atoms with Gasteiger partial charge in [0.2, 0.25) is 0 Å². The molecule has 0 radical (unpaired) electrons. The summed E-state index contributed by atoms with van der Waals surface area (Å²) in [5.41, 5.74) is 0.882. The Balaban J connectivity index is 1.96. The third-order valence-corrected chi connectivity index (χ3v) is 5.52. The molecule has 4 nitrogen and oxygen atoms in total. The van der Waals surface area contributed by atoms with Crippen LogP contribution in [-0.4, -0.2) is 41.0 Å². The molecule has 2 N–H and O–H groups in total. The molecule has 0 heterocycles. The summed E-state index contributed by atoms with van der Waals surface area (Å²) in [5.74, 6) is 0.408. The smallest absolute Gasteiger partial charge is 0.321 e. The first kappa shape index (κ1) is 18.1. The molecule has 1 aromatic rings. The minimum Gasteiger partial charge on any atom is -0.396 e. The van der Waals surface area contributed by atoms with Crippen molar-refractivity contribution in [3.05, 3.63) is 24.3 Å². The van der Waals surface area contributed by atoms with Crippen molar-refractivity contribution in [1.29, 1.82) is 0 Å². The predicted molar refractivity (Wildman–Crippen MR) is 97.0 cm³/mol. The molecule has 1 aliphatic carbocycles. The zero-order valence-corrected chi connectivity index (χ0v) is 15.1. The van der Waals surface area contributed by atoms with Crippen LogP contribution in [0.4, 0.5) is 10.5 Å². The third kappa shape index (κ3) is 5.15. The lowest BCUT2D eigenvalue weighted by atomic mass is 9.86. The Hall–Kier alpha value is -1.20. The van der Waals surface area contributed by atoms with Crippen molar-refractivity contribution in [2.75, 3.05) is 19.0 Å². The van der Waals surface area contributed by atoms with Crippen LogP contribution in [0.2, 0.25) is 0 Å². The molecule has 1 saturated carbocycles. The standard InChI is InChI=1S/C18H28N2O2S/c1-13(2)23-17-7-5-4-6-16(17)19-18(22)20(3)15-10-8-14(12-21)9-11-15/h4-7,13-15,21H,8-12H2,1-3H3,(H,19,22). The van der Waals surface area contributed by atoms with Crippen LogP contribution in [0.5, 0.6) is 0 Å². The SMILES string of the molecule is CC(C)Sc1ccccc1NC(=O)N(C)C1CCC(CO)CC1.